The van der Waals surface area contributed by atoms with E-state index in [1.807, 2.05) is 8.93 Å². The highest BCUT2D eigenvalue weighted by Gasteiger charge is 1.93. The first-order valence-corrected chi connectivity index (χ1v) is 4.37. The maximum absolute atomic E-state index is 9.67. The summed E-state index contributed by atoms with van der Waals surface area (Å²) in [6.07, 6.45) is 0. The van der Waals surface area contributed by atoms with Crippen molar-refractivity contribution in [2.45, 2.75) is 0 Å². The Bertz CT molecular complexity index is 123. The minimum atomic E-state index is -1.62. The Morgan fingerprint density at radius 1 is 2.00 bits per heavy atom. The molecule has 2 unspecified atom stereocenters. The molecule has 2 nitrogen and oxygen atoms in total. The quantitative estimate of drug-likeness (QED) is 0.383. The predicted molar refractivity (Wildman–Crippen MR) is 29.6 cm³/mol. The highest BCUT2D eigenvalue weighted by atomic mass is 35.5. The van der Waals surface area contributed by atoms with Gasteiger partial charge in [-0.15, -0.1) is 0 Å². The zero-order valence-corrected chi connectivity index (χ0v) is 5.56. The maximum Gasteiger partial charge on any atom is 0.298 e. The van der Waals surface area contributed by atoms with E-state index in [9.17, 15) is 4.79 Å². The molecule has 0 N–H and O–H groups in total. The van der Waals surface area contributed by atoms with E-state index >= 15 is 0 Å². The molecule has 0 saturated carbocycles. The Hall–Kier alpha value is 0.400. The number of hydrogen-bond acceptors (Lipinski definition) is 2. The van der Waals surface area contributed by atoms with Gasteiger partial charge >= 0.3 is 0 Å². The lowest BCUT2D eigenvalue weighted by molar-refractivity contribution is 0.275. The van der Waals surface area contributed by atoms with Gasteiger partial charge in [-0.1, -0.05) is 0 Å². The topological polar surface area (TPSA) is 40.9 Å². The molecule has 34 valence electrons. The minimum Gasteiger partial charge on any atom is -0.268 e. The molecule has 0 amide bonds. The lowest BCUT2D eigenvalue weighted by atomic mass is 11.8. The van der Waals surface area contributed by atoms with Gasteiger partial charge in [0, 0.05) is 0 Å². The molecule has 0 aromatic heterocycles. The van der Waals surface area contributed by atoms with Crippen LogP contribution in [0.15, 0.2) is 0 Å². The Morgan fingerprint density at radius 3 is 2.17 bits per heavy atom. The van der Waals surface area contributed by atoms with E-state index in [4.69, 9.17) is 16.6 Å². The van der Waals surface area contributed by atoms with Crippen LogP contribution in [0, 0.1) is 5.00 Å². The summed E-state index contributed by atoms with van der Waals surface area (Å²) in [5.74, 6) is 0. The molecule has 0 aliphatic carbocycles. The van der Waals surface area contributed by atoms with Crippen molar-refractivity contribution in [1.82, 2.24) is 0 Å². The highest BCUT2D eigenvalue weighted by Crippen LogP contribution is 2.30. The van der Waals surface area contributed by atoms with E-state index < -0.39 is 12.2 Å². The van der Waals surface area contributed by atoms with Crippen molar-refractivity contribution in [1.29, 1.82) is 5.00 Å². The third kappa shape index (κ3) is 2.63. The van der Waals surface area contributed by atoms with E-state index in [0.717, 1.165) is 0 Å². The SMILES string of the molecule is N#P(P)C(=O)Cl. The molecule has 0 spiro atoms. The van der Waals surface area contributed by atoms with Gasteiger partial charge in [0.2, 0.25) is 0 Å². The molecule has 0 rings (SSSR count). The summed E-state index contributed by atoms with van der Waals surface area (Å²) < 4.78 is 0. The molecule has 0 fully saturated rings. The van der Waals surface area contributed by atoms with E-state index in [0.29, 0.717) is 0 Å². The van der Waals surface area contributed by atoms with Crippen LogP contribution in [0.25, 0.3) is 0 Å². The molecule has 0 aliphatic heterocycles. The third-order valence-corrected chi connectivity index (χ3v) is 2.25. The first kappa shape index (κ1) is 6.40. The van der Waals surface area contributed by atoms with Crippen molar-refractivity contribution in [3.05, 3.63) is 0 Å². The van der Waals surface area contributed by atoms with Crippen LogP contribution in [0.3, 0.4) is 0 Å². The summed E-state index contributed by atoms with van der Waals surface area (Å²) in [7, 11) is 0.296. The smallest absolute Gasteiger partial charge is 0.268 e. The first-order chi connectivity index (χ1) is 2.64. The Kier molecular flexibility index (Phi) is 2.72. The summed E-state index contributed by atoms with van der Waals surface area (Å²) in [5, 5.41) is 8.18. The zero-order valence-electron chi connectivity index (χ0n) is 2.76. The van der Waals surface area contributed by atoms with Crippen LogP contribution >= 0.6 is 27.8 Å². The Balaban J connectivity index is 3.69. The largest absolute Gasteiger partial charge is 0.298 e. The monoisotopic (exact) mass is 141 g/mol. The van der Waals surface area contributed by atoms with Crippen LogP contribution in [0.2, 0.25) is 0 Å². The van der Waals surface area contributed by atoms with Gasteiger partial charge in [-0.3, -0.25) is 4.79 Å². The molecule has 2 atom stereocenters. The van der Waals surface area contributed by atoms with Gasteiger partial charge in [0.15, 0.2) is 0 Å². The normalized spacial score (nSPS) is 10.5. The first-order valence-electron chi connectivity index (χ1n) is 1.07. The van der Waals surface area contributed by atoms with Gasteiger partial charge in [-0.2, -0.15) is 0 Å². The maximum atomic E-state index is 9.67. The Labute approximate surface area is 43.3 Å². The van der Waals surface area contributed by atoms with Crippen molar-refractivity contribution in [3.8, 4) is 0 Å². The van der Waals surface area contributed by atoms with Crippen molar-refractivity contribution in [3.63, 3.8) is 0 Å². The Morgan fingerprint density at radius 2 is 2.17 bits per heavy atom. The number of halogens is 1. The average molecular weight is 141 g/mol. The molecule has 0 saturated heterocycles. The zero-order chi connectivity index (χ0) is 5.15. The lowest BCUT2D eigenvalue weighted by Gasteiger charge is -1.68. The molecule has 0 bridgehead atoms. The lowest BCUT2D eigenvalue weighted by Crippen LogP contribution is -1.54. The van der Waals surface area contributed by atoms with Crippen LogP contribution in [0.1, 0.15) is 0 Å². The summed E-state index contributed by atoms with van der Waals surface area (Å²) >= 11 is 4.73. The van der Waals surface area contributed by atoms with E-state index in [2.05, 4.69) is 0 Å². The molecule has 0 radical (unpaired) electrons. The summed E-state index contributed by atoms with van der Waals surface area (Å²) in [5.41, 5.74) is 0. The van der Waals surface area contributed by atoms with Gasteiger partial charge in [-0.05, 0) is 20.5 Å². The highest BCUT2D eigenvalue weighted by molar-refractivity contribution is 8.16. The summed E-state index contributed by atoms with van der Waals surface area (Å²) in [6, 6.07) is 0. The fraction of sp³-hybridized carbons (Fsp3) is 0. The van der Waals surface area contributed by atoms with Crippen LogP contribution in [0.5, 0.6) is 0 Å². The van der Waals surface area contributed by atoms with Crippen molar-refractivity contribution in [2.24, 2.45) is 0 Å². The molecular weight excluding hydrogens is 139 g/mol. The second kappa shape index (κ2) is 2.55. The van der Waals surface area contributed by atoms with E-state index in [1.54, 1.807) is 0 Å². The predicted octanol–water partition coefficient (Wildman–Crippen LogP) is 2.10. The van der Waals surface area contributed by atoms with Gasteiger partial charge in [0.1, 0.15) is 7.25 Å². The fourth-order valence-corrected chi connectivity index (χ4v) is 0. The van der Waals surface area contributed by atoms with Crippen molar-refractivity contribution in [2.75, 3.05) is 0 Å². The van der Waals surface area contributed by atoms with Crippen LogP contribution in [-0.4, -0.2) is 4.98 Å². The fourth-order valence-electron chi connectivity index (χ4n) is 0. The van der Waals surface area contributed by atoms with Crippen molar-refractivity contribution >= 4 is 32.8 Å². The van der Waals surface area contributed by atoms with E-state index in [-0.39, 0.29) is 0 Å². The second-order valence-electron chi connectivity index (χ2n) is 0.598. The van der Waals surface area contributed by atoms with Gasteiger partial charge in [-0.25, -0.2) is 5.00 Å². The molecule has 0 aromatic rings. The average Bonchev–Trinajstić information content (AvgIpc) is 1.36. The molecule has 0 aliphatic rings. The van der Waals surface area contributed by atoms with Gasteiger partial charge in [0.25, 0.3) is 4.98 Å². The number of hydrogen-bond donors (Lipinski definition) is 0. The number of nitrogens with zero attached hydrogens (tertiary/aromatic N) is 1. The molecule has 0 heterocycles. The number of carbonyl (C=O) groups excluding carboxylic acids is 1. The summed E-state index contributed by atoms with van der Waals surface area (Å²) in [4.78, 5) is 8.98. The van der Waals surface area contributed by atoms with Crippen LogP contribution < -0.4 is 0 Å². The van der Waals surface area contributed by atoms with Gasteiger partial charge < -0.3 is 0 Å². The minimum absolute atomic E-state index is 0.685. The molecule has 0 aromatic carbocycles. The second-order valence-corrected chi connectivity index (χ2v) is 3.77. The van der Waals surface area contributed by atoms with Crippen LogP contribution in [-0.2, 0) is 0 Å². The standard InChI is InChI=1S/CH2ClNOP2/c2-1(4)6(3)5/h5H2. The van der Waals surface area contributed by atoms with E-state index in [1.165, 1.54) is 0 Å². The third-order valence-electron chi connectivity index (χ3n) is 0.180. The summed E-state index contributed by atoms with van der Waals surface area (Å²) in [6.45, 7) is 0. The number of rotatable bonds is 0. The van der Waals surface area contributed by atoms with Crippen molar-refractivity contribution < 1.29 is 4.79 Å². The number of carbonyl (C=O) groups is 1. The molecular formula is CH2ClNOP2. The molecule has 5 heteroatoms. The van der Waals surface area contributed by atoms with Gasteiger partial charge in [0.05, 0.1) is 0 Å². The molecule has 6 heavy (non-hydrogen) atoms. The van der Waals surface area contributed by atoms with Crippen LogP contribution in [0.4, 0.5) is 4.79 Å².